The smallest absolute Gasteiger partial charge is 0.422 e. The molecule has 0 aliphatic rings. The topological polar surface area (TPSA) is 51.2 Å². The summed E-state index contributed by atoms with van der Waals surface area (Å²) < 4.78 is 41.4. The molecule has 0 aliphatic carbocycles. The number of nitrogens with one attached hydrogen (secondary N) is 1. The second-order valence-electron chi connectivity index (χ2n) is 4.77. The van der Waals surface area contributed by atoms with Gasteiger partial charge in [-0.2, -0.15) is 13.2 Å². The fourth-order valence-corrected chi connectivity index (χ4v) is 1.90. The van der Waals surface area contributed by atoms with Crippen LogP contribution in [0.5, 0.6) is 5.88 Å². The number of hydrogen-bond donors (Lipinski definition) is 1. The first-order chi connectivity index (χ1) is 10.9. The minimum Gasteiger partial charge on any atom is -0.467 e. The van der Waals surface area contributed by atoms with Crippen molar-refractivity contribution in [1.82, 2.24) is 4.98 Å². The van der Waals surface area contributed by atoms with E-state index in [1.54, 1.807) is 18.2 Å². The van der Waals surface area contributed by atoms with Gasteiger partial charge in [-0.3, -0.25) is 4.79 Å². The van der Waals surface area contributed by atoms with Crippen molar-refractivity contribution < 1.29 is 22.7 Å². The summed E-state index contributed by atoms with van der Waals surface area (Å²) >= 11 is 0. The van der Waals surface area contributed by atoms with E-state index in [4.69, 9.17) is 0 Å². The summed E-state index contributed by atoms with van der Waals surface area (Å²) in [5, 5.41) is 2.63. The van der Waals surface area contributed by atoms with E-state index < -0.39 is 18.7 Å². The molecule has 122 valence electrons. The molecular formula is C16H15F3N2O2. The Morgan fingerprint density at radius 1 is 1.26 bits per heavy atom. The van der Waals surface area contributed by atoms with Gasteiger partial charge in [0.05, 0.1) is 0 Å². The van der Waals surface area contributed by atoms with Gasteiger partial charge in [0.25, 0.3) is 5.91 Å². The van der Waals surface area contributed by atoms with Crippen molar-refractivity contribution in [2.45, 2.75) is 19.5 Å². The van der Waals surface area contributed by atoms with Crippen LogP contribution in [0.25, 0.3) is 0 Å². The molecule has 1 amide bonds. The molecule has 23 heavy (non-hydrogen) atoms. The summed E-state index contributed by atoms with van der Waals surface area (Å²) in [6.07, 6.45) is -2.43. The number of rotatable bonds is 5. The fraction of sp³-hybridized carbons (Fsp3) is 0.250. The molecule has 7 heteroatoms. The van der Waals surface area contributed by atoms with Crippen LogP contribution in [0.2, 0.25) is 0 Å². The number of carbonyl (C=O) groups is 1. The molecule has 2 rings (SSSR count). The van der Waals surface area contributed by atoms with Gasteiger partial charge in [0.15, 0.2) is 6.61 Å². The third kappa shape index (κ3) is 4.98. The molecule has 0 fully saturated rings. The van der Waals surface area contributed by atoms with Crippen LogP contribution >= 0.6 is 0 Å². The van der Waals surface area contributed by atoms with Crippen molar-refractivity contribution in [3.63, 3.8) is 0 Å². The Morgan fingerprint density at radius 3 is 2.74 bits per heavy atom. The first kappa shape index (κ1) is 16.8. The zero-order chi connectivity index (χ0) is 16.9. The number of pyridine rings is 1. The van der Waals surface area contributed by atoms with Crippen LogP contribution in [0.15, 0.2) is 42.6 Å². The Bertz CT molecular complexity index is 687. The molecule has 0 spiro atoms. The maximum absolute atomic E-state index is 12.3. The summed E-state index contributed by atoms with van der Waals surface area (Å²) in [6.45, 7) is 0.473. The van der Waals surface area contributed by atoms with Crippen LogP contribution in [-0.4, -0.2) is 23.7 Å². The predicted molar refractivity (Wildman–Crippen MR) is 79.6 cm³/mol. The lowest BCUT2D eigenvalue weighted by Gasteiger charge is -2.12. The van der Waals surface area contributed by atoms with Gasteiger partial charge in [-0.05, 0) is 36.2 Å². The second-order valence-corrected chi connectivity index (χ2v) is 4.77. The van der Waals surface area contributed by atoms with Crippen molar-refractivity contribution in [1.29, 1.82) is 0 Å². The van der Waals surface area contributed by atoms with Crippen LogP contribution in [0.1, 0.15) is 22.8 Å². The fourth-order valence-electron chi connectivity index (χ4n) is 1.90. The molecule has 1 aromatic heterocycles. The third-order valence-corrected chi connectivity index (χ3v) is 2.98. The zero-order valence-electron chi connectivity index (χ0n) is 12.4. The van der Waals surface area contributed by atoms with Gasteiger partial charge in [0, 0.05) is 11.9 Å². The summed E-state index contributed by atoms with van der Waals surface area (Å²) in [7, 11) is 0. The molecule has 0 aliphatic heterocycles. The number of anilines is 1. The Hall–Kier alpha value is -2.57. The van der Waals surface area contributed by atoms with Gasteiger partial charge in [0.1, 0.15) is 5.56 Å². The standard InChI is InChI=1S/C16H15F3N2O2/c1-2-11-5-3-6-12(9-11)21-14(22)13-7-4-8-20-15(13)23-10-16(17,18)19/h3-9H,2,10H2,1H3,(H,21,22). The molecule has 1 heterocycles. The van der Waals surface area contributed by atoms with Crippen molar-refractivity contribution in [2.24, 2.45) is 0 Å². The van der Waals surface area contributed by atoms with Gasteiger partial charge in [0.2, 0.25) is 5.88 Å². The number of nitrogens with zero attached hydrogens (tertiary/aromatic N) is 1. The maximum atomic E-state index is 12.3. The van der Waals surface area contributed by atoms with Crippen LogP contribution < -0.4 is 10.1 Å². The number of ether oxygens (including phenoxy) is 1. The number of benzene rings is 1. The number of aryl methyl sites for hydroxylation is 1. The van der Waals surface area contributed by atoms with Gasteiger partial charge in [-0.15, -0.1) is 0 Å². The first-order valence-electron chi connectivity index (χ1n) is 6.94. The quantitative estimate of drug-likeness (QED) is 0.909. The van der Waals surface area contributed by atoms with E-state index in [9.17, 15) is 18.0 Å². The van der Waals surface area contributed by atoms with Gasteiger partial charge in [-0.25, -0.2) is 4.98 Å². The number of halogens is 3. The van der Waals surface area contributed by atoms with E-state index in [-0.39, 0.29) is 11.4 Å². The molecule has 0 radical (unpaired) electrons. The van der Waals surface area contributed by atoms with Gasteiger partial charge >= 0.3 is 6.18 Å². The highest BCUT2D eigenvalue weighted by atomic mass is 19.4. The largest absolute Gasteiger partial charge is 0.467 e. The minimum absolute atomic E-state index is 0.0568. The molecular weight excluding hydrogens is 309 g/mol. The molecule has 4 nitrogen and oxygen atoms in total. The SMILES string of the molecule is CCc1cccc(NC(=O)c2cccnc2OCC(F)(F)F)c1. The highest BCUT2D eigenvalue weighted by molar-refractivity contribution is 6.05. The third-order valence-electron chi connectivity index (χ3n) is 2.98. The average molecular weight is 324 g/mol. The molecule has 0 saturated carbocycles. The van der Waals surface area contributed by atoms with Crippen molar-refractivity contribution in [2.75, 3.05) is 11.9 Å². The van der Waals surface area contributed by atoms with Crippen molar-refractivity contribution in [3.05, 3.63) is 53.7 Å². The predicted octanol–water partition coefficient (Wildman–Crippen LogP) is 3.84. The minimum atomic E-state index is -4.50. The lowest BCUT2D eigenvalue weighted by Crippen LogP contribution is -2.22. The second kappa shape index (κ2) is 7.13. The molecule has 2 aromatic rings. The summed E-state index contributed by atoms with van der Waals surface area (Å²) in [5.74, 6) is -0.933. The van der Waals surface area contributed by atoms with Crippen molar-refractivity contribution in [3.8, 4) is 5.88 Å². The van der Waals surface area contributed by atoms with Crippen LogP contribution in [0.4, 0.5) is 18.9 Å². The molecule has 0 bridgehead atoms. The van der Waals surface area contributed by atoms with Crippen LogP contribution in [0, 0.1) is 0 Å². The Morgan fingerprint density at radius 2 is 2.04 bits per heavy atom. The van der Waals surface area contributed by atoms with E-state index in [1.807, 2.05) is 13.0 Å². The maximum Gasteiger partial charge on any atom is 0.422 e. The van der Waals surface area contributed by atoms with E-state index in [0.717, 1.165) is 12.0 Å². The number of alkyl halides is 3. The summed E-state index contributed by atoms with van der Waals surface area (Å²) in [4.78, 5) is 15.9. The lowest BCUT2D eigenvalue weighted by atomic mass is 10.1. The number of aromatic nitrogens is 1. The van der Waals surface area contributed by atoms with Gasteiger partial charge < -0.3 is 10.1 Å². The summed E-state index contributed by atoms with van der Waals surface area (Å²) in [6, 6.07) is 10.0. The highest BCUT2D eigenvalue weighted by Gasteiger charge is 2.29. The van der Waals surface area contributed by atoms with E-state index in [0.29, 0.717) is 5.69 Å². The Balaban J connectivity index is 2.15. The van der Waals surface area contributed by atoms with Crippen LogP contribution in [-0.2, 0) is 6.42 Å². The van der Waals surface area contributed by atoms with Crippen LogP contribution in [0.3, 0.4) is 0 Å². The monoisotopic (exact) mass is 324 g/mol. The molecule has 1 N–H and O–H groups in total. The van der Waals surface area contributed by atoms with E-state index >= 15 is 0 Å². The number of hydrogen-bond acceptors (Lipinski definition) is 3. The van der Waals surface area contributed by atoms with E-state index in [2.05, 4.69) is 15.0 Å². The molecule has 0 saturated heterocycles. The number of carbonyl (C=O) groups excluding carboxylic acids is 1. The van der Waals surface area contributed by atoms with E-state index in [1.165, 1.54) is 18.3 Å². The molecule has 1 aromatic carbocycles. The molecule has 0 atom stereocenters. The normalized spacial score (nSPS) is 11.1. The lowest BCUT2D eigenvalue weighted by molar-refractivity contribution is -0.154. The molecule has 0 unspecified atom stereocenters. The first-order valence-corrected chi connectivity index (χ1v) is 6.94. The Labute approximate surface area is 131 Å². The van der Waals surface area contributed by atoms with Gasteiger partial charge in [-0.1, -0.05) is 19.1 Å². The Kier molecular flexibility index (Phi) is 5.20. The summed E-state index contributed by atoms with van der Waals surface area (Å²) in [5.41, 5.74) is 1.53. The van der Waals surface area contributed by atoms with Crippen molar-refractivity contribution >= 4 is 11.6 Å². The highest BCUT2D eigenvalue weighted by Crippen LogP contribution is 2.21. The number of amides is 1. The average Bonchev–Trinajstić information content (AvgIpc) is 2.52. The zero-order valence-corrected chi connectivity index (χ0v) is 12.4.